The maximum Gasteiger partial charge on any atom is 0.287 e. The van der Waals surface area contributed by atoms with E-state index in [1.807, 2.05) is 36.4 Å². The summed E-state index contributed by atoms with van der Waals surface area (Å²) in [4.78, 5) is 22.5. The van der Waals surface area contributed by atoms with E-state index >= 15 is 0 Å². The van der Waals surface area contributed by atoms with E-state index in [1.165, 1.54) is 5.56 Å². The number of hydrogen-bond donors (Lipinski definition) is 3. The molecule has 5 rings (SSSR count). The van der Waals surface area contributed by atoms with Gasteiger partial charge in [0.2, 0.25) is 0 Å². The number of carbonyl (C=O) groups is 1. The average molecular weight is 453 g/mol. The quantitative estimate of drug-likeness (QED) is 0.414. The molecule has 0 saturated carbocycles. The van der Waals surface area contributed by atoms with E-state index in [0.717, 1.165) is 49.1 Å². The normalized spacial score (nSPS) is 15.0. The van der Waals surface area contributed by atoms with Gasteiger partial charge in [-0.2, -0.15) is 5.10 Å². The molecule has 1 fully saturated rings. The van der Waals surface area contributed by atoms with Crippen LogP contribution >= 0.6 is 11.6 Å². The first kappa shape index (κ1) is 20.8. The number of hydrogen-bond acceptors (Lipinski definition) is 5. The lowest BCUT2D eigenvalue weighted by atomic mass is 10.1. The first-order valence-corrected chi connectivity index (χ1v) is 11.2. The molecular weight excluding hydrogens is 428 g/mol. The summed E-state index contributed by atoms with van der Waals surface area (Å²) in [6.45, 7) is 2.26. The molecule has 2 aromatic heterocycles. The van der Waals surface area contributed by atoms with Crippen LogP contribution in [0, 0.1) is 0 Å². The second kappa shape index (κ2) is 8.80. The van der Waals surface area contributed by atoms with Gasteiger partial charge >= 0.3 is 0 Å². The van der Waals surface area contributed by atoms with Gasteiger partial charge in [-0.3, -0.25) is 9.89 Å². The smallest absolute Gasteiger partial charge is 0.287 e. The molecule has 0 spiro atoms. The van der Waals surface area contributed by atoms with Crippen LogP contribution in [0.4, 0.5) is 5.82 Å². The Labute approximate surface area is 190 Å². The van der Waals surface area contributed by atoms with Crippen molar-refractivity contribution < 1.29 is 9.53 Å². The Kier molecular flexibility index (Phi) is 5.71. The molecule has 32 heavy (non-hydrogen) atoms. The molecule has 9 heteroatoms. The minimum Gasteiger partial charge on any atom is -0.381 e. The molecule has 1 amide bonds. The van der Waals surface area contributed by atoms with Crippen LogP contribution in [-0.2, 0) is 11.2 Å². The Hall–Kier alpha value is -3.10. The summed E-state index contributed by atoms with van der Waals surface area (Å²) < 4.78 is 5.47. The molecule has 0 radical (unpaired) electrons. The zero-order valence-electron chi connectivity index (χ0n) is 17.8. The number of nitrogens with zero attached hydrogens (tertiary/aromatic N) is 3. The van der Waals surface area contributed by atoms with E-state index in [4.69, 9.17) is 16.3 Å². The van der Waals surface area contributed by atoms with Gasteiger partial charge in [0.05, 0.1) is 27.7 Å². The van der Waals surface area contributed by atoms with Crippen molar-refractivity contribution in [1.82, 2.24) is 25.5 Å². The lowest BCUT2D eigenvalue weighted by Gasteiger charge is -2.31. The zero-order valence-corrected chi connectivity index (χ0v) is 18.6. The van der Waals surface area contributed by atoms with Gasteiger partial charge in [-0.05, 0) is 30.9 Å². The van der Waals surface area contributed by atoms with Crippen molar-refractivity contribution in [3.63, 3.8) is 0 Å². The molecule has 0 atom stereocenters. The van der Waals surface area contributed by atoms with Crippen LogP contribution in [0.5, 0.6) is 0 Å². The molecule has 1 aliphatic heterocycles. The predicted molar refractivity (Wildman–Crippen MR) is 125 cm³/mol. The predicted octanol–water partition coefficient (Wildman–Crippen LogP) is 3.68. The van der Waals surface area contributed by atoms with Crippen LogP contribution in [0.1, 0.15) is 29.0 Å². The summed E-state index contributed by atoms with van der Waals surface area (Å²) in [5.41, 5.74) is 3.18. The number of amides is 1. The molecule has 0 bridgehead atoms. The molecule has 4 aromatic rings. The fourth-order valence-corrected chi connectivity index (χ4v) is 4.55. The van der Waals surface area contributed by atoms with Crippen LogP contribution in [0.25, 0.3) is 21.9 Å². The van der Waals surface area contributed by atoms with Crippen LogP contribution in [0.15, 0.2) is 36.4 Å². The molecule has 0 unspecified atom stereocenters. The van der Waals surface area contributed by atoms with Gasteiger partial charge in [-0.25, -0.2) is 4.98 Å². The number of fused-ring (bicyclic) bond motifs is 2. The topological polar surface area (TPSA) is 98.9 Å². The number of methoxy groups -OCH3 is 1. The minimum absolute atomic E-state index is 0.248. The van der Waals surface area contributed by atoms with Crippen LogP contribution in [0.3, 0.4) is 0 Å². The molecule has 3 N–H and O–H groups in total. The third-order valence-corrected chi connectivity index (χ3v) is 6.45. The molecule has 2 aromatic carbocycles. The Morgan fingerprint density at radius 2 is 2.03 bits per heavy atom. The van der Waals surface area contributed by atoms with Crippen LogP contribution in [0.2, 0.25) is 5.02 Å². The number of benzene rings is 2. The number of halogens is 1. The monoisotopic (exact) mass is 452 g/mol. The Morgan fingerprint density at radius 3 is 2.78 bits per heavy atom. The largest absolute Gasteiger partial charge is 0.381 e. The highest BCUT2D eigenvalue weighted by Gasteiger charge is 2.24. The fourth-order valence-electron chi connectivity index (χ4n) is 4.27. The number of rotatable bonds is 6. The summed E-state index contributed by atoms with van der Waals surface area (Å²) in [5.74, 6) is 0.852. The summed E-state index contributed by atoms with van der Waals surface area (Å²) in [6.07, 6.45) is 2.96. The van der Waals surface area contributed by atoms with Crippen molar-refractivity contribution in [2.45, 2.75) is 25.4 Å². The SMILES string of the molecule is COC1CCN(c2n[nH]c3c(Cl)c4[nH]c(C(=O)NCCc5ccccc5)nc4cc23)CC1. The third kappa shape index (κ3) is 3.91. The number of H-pyrrole nitrogens is 2. The Bertz CT molecular complexity index is 1240. The van der Waals surface area contributed by atoms with E-state index in [2.05, 4.69) is 30.4 Å². The highest BCUT2D eigenvalue weighted by molar-refractivity contribution is 6.40. The second-order valence-electron chi connectivity index (χ2n) is 8.05. The van der Waals surface area contributed by atoms with E-state index in [0.29, 0.717) is 28.7 Å². The molecule has 8 nitrogen and oxygen atoms in total. The maximum atomic E-state index is 12.6. The second-order valence-corrected chi connectivity index (χ2v) is 8.43. The summed E-state index contributed by atoms with van der Waals surface area (Å²) in [5, 5.41) is 11.9. The van der Waals surface area contributed by atoms with Crippen molar-refractivity contribution in [2.75, 3.05) is 31.6 Å². The van der Waals surface area contributed by atoms with Crippen LogP contribution < -0.4 is 10.2 Å². The van der Waals surface area contributed by atoms with Gasteiger partial charge in [0.1, 0.15) is 0 Å². The first-order valence-electron chi connectivity index (χ1n) is 10.8. The fraction of sp³-hybridized carbons (Fsp3) is 0.348. The van der Waals surface area contributed by atoms with E-state index in [9.17, 15) is 4.79 Å². The number of nitrogens with one attached hydrogen (secondary N) is 3. The molecule has 3 heterocycles. The number of aromatic amines is 2. The molecular formula is C23H25ClN6O2. The van der Waals surface area contributed by atoms with Gasteiger partial charge in [0, 0.05) is 32.1 Å². The van der Waals surface area contributed by atoms with Crippen molar-refractivity contribution >= 4 is 45.3 Å². The van der Waals surface area contributed by atoms with Gasteiger partial charge in [-0.1, -0.05) is 41.9 Å². The van der Waals surface area contributed by atoms with E-state index < -0.39 is 0 Å². The Balaban J connectivity index is 1.36. The highest BCUT2D eigenvalue weighted by Crippen LogP contribution is 2.35. The summed E-state index contributed by atoms with van der Waals surface area (Å²) >= 11 is 6.66. The number of imidazole rings is 1. The van der Waals surface area contributed by atoms with Crippen LogP contribution in [-0.4, -0.2) is 58.9 Å². The number of anilines is 1. The minimum atomic E-state index is -0.253. The van der Waals surface area contributed by atoms with Gasteiger partial charge < -0.3 is 19.9 Å². The highest BCUT2D eigenvalue weighted by atomic mass is 35.5. The number of piperidine rings is 1. The third-order valence-electron chi connectivity index (χ3n) is 6.07. The number of aromatic nitrogens is 4. The zero-order chi connectivity index (χ0) is 22.1. The standard InChI is InChI=1S/C23H25ClN6O2/c1-32-15-8-11-30(12-9-15)22-16-13-17-20(18(24)19(16)28-29-22)27-21(26-17)23(31)25-10-7-14-5-3-2-4-6-14/h2-6,13,15H,7-12H2,1H3,(H,25,31)(H,26,27)(H,28,29). The molecule has 0 aliphatic carbocycles. The van der Waals surface area contributed by atoms with Crippen molar-refractivity contribution in [3.05, 3.63) is 52.8 Å². The number of carbonyl (C=O) groups excluding carboxylic acids is 1. The molecule has 1 saturated heterocycles. The summed E-state index contributed by atoms with van der Waals surface area (Å²) in [7, 11) is 1.76. The Morgan fingerprint density at radius 1 is 1.25 bits per heavy atom. The lowest BCUT2D eigenvalue weighted by Crippen LogP contribution is -2.36. The number of ether oxygens (including phenoxy) is 1. The van der Waals surface area contributed by atoms with Gasteiger partial charge in [-0.15, -0.1) is 0 Å². The maximum absolute atomic E-state index is 12.6. The van der Waals surface area contributed by atoms with E-state index in [-0.39, 0.29) is 11.7 Å². The average Bonchev–Trinajstić information content (AvgIpc) is 3.45. The van der Waals surface area contributed by atoms with Gasteiger partial charge in [0.15, 0.2) is 11.6 Å². The van der Waals surface area contributed by atoms with Crippen molar-refractivity contribution in [2.24, 2.45) is 0 Å². The van der Waals surface area contributed by atoms with E-state index in [1.54, 1.807) is 7.11 Å². The van der Waals surface area contributed by atoms with Crippen molar-refractivity contribution in [3.8, 4) is 0 Å². The molecule has 1 aliphatic rings. The lowest BCUT2D eigenvalue weighted by molar-refractivity contribution is 0.0818. The molecule has 166 valence electrons. The van der Waals surface area contributed by atoms with Gasteiger partial charge in [0.25, 0.3) is 5.91 Å². The van der Waals surface area contributed by atoms with Crippen molar-refractivity contribution in [1.29, 1.82) is 0 Å². The first-order chi connectivity index (χ1) is 15.6. The summed E-state index contributed by atoms with van der Waals surface area (Å²) in [6, 6.07) is 12.0.